The minimum Gasteiger partial charge on any atom is -0.350 e. The van der Waals surface area contributed by atoms with Gasteiger partial charge in [-0.1, -0.05) is 17.7 Å². The van der Waals surface area contributed by atoms with Gasteiger partial charge < -0.3 is 9.80 Å². The first-order valence-electron chi connectivity index (χ1n) is 6.20. The molecular weight excluding hydrogens is 278 g/mol. The quantitative estimate of drug-likeness (QED) is 0.814. The Kier molecular flexibility index (Phi) is 5.19. The summed E-state index contributed by atoms with van der Waals surface area (Å²) in [4.78, 5) is 10.2. The Hall–Kier alpha value is -1.10. The summed E-state index contributed by atoms with van der Waals surface area (Å²) in [5, 5.41) is 0. The highest BCUT2D eigenvalue weighted by molar-refractivity contribution is 7.16. The van der Waals surface area contributed by atoms with Gasteiger partial charge in [-0.3, -0.25) is 0 Å². The van der Waals surface area contributed by atoms with Crippen LogP contribution in [-0.2, 0) is 6.54 Å². The standard InChI is InChI=1S/C14H18ClN3S/c1-17(2)9-10-18(14-5-3-4-8-16-14)11-12-6-7-13(15)19-12/h3-8H,9-11H2,1-2H3. The molecule has 0 atom stereocenters. The fourth-order valence-corrected chi connectivity index (χ4v) is 2.86. The van der Waals surface area contributed by atoms with Crippen LogP contribution < -0.4 is 4.90 Å². The Morgan fingerprint density at radius 1 is 1.16 bits per heavy atom. The largest absolute Gasteiger partial charge is 0.350 e. The van der Waals surface area contributed by atoms with E-state index in [4.69, 9.17) is 11.6 Å². The molecule has 0 N–H and O–H groups in total. The highest BCUT2D eigenvalue weighted by Crippen LogP contribution is 2.24. The van der Waals surface area contributed by atoms with Crippen molar-refractivity contribution in [2.75, 3.05) is 32.1 Å². The van der Waals surface area contributed by atoms with Crippen LogP contribution in [0, 0.1) is 0 Å². The molecule has 0 unspecified atom stereocenters. The van der Waals surface area contributed by atoms with Gasteiger partial charge in [0.25, 0.3) is 0 Å². The molecule has 0 aliphatic carbocycles. The molecule has 2 aromatic rings. The highest BCUT2D eigenvalue weighted by atomic mass is 35.5. The lowest BCUT2D eigenvalue weighted by atomic mass is 10.3. The first-order chi connectivity index (χ1) is 9.15. The van der Waals surface area contributed by atoms with Crippen LogP contribution in [0.25, 0.3) is 0 Å². The zero-order valence-corrected chi connectivity index (χ0v) is 12.8. The van der Waals surface area contributed by atoms with Crippen molar-refractivity contribution in [3.05, 3.63) is 45.7 Å². The van der Waals surface area contributed by atoms with E-state index in [2.05, 4.69) is 34.9 Å². The lowest BCUT2D eigenvalue weighted by Crippen LogP contribution is -2.31. The van der Waals surface area contributed by atoms with Crippen LogP contribution in [0.5, 0.6) is 0 Å². The van der Waals surface area contributed by atoms with Crippen LogP contribution >= 0.6 is 22.9 Å². The molecule has 5 heteroatoms. The fraction of sp³-hybridized carbons (Fsp3) is 0.357. The van der Waals surface area contributed by atoms with Gasteiger partial charge in [0.05, 0.1) is 10.9 Å². The molecule has 0 radical (unpaired) electrons. The molecule has 2 aromatic heterocycles. The monoisotopic (exact) mass is 295 g/mol. The smallest absolute Gasteiger partial charge is 0.128 e. The molecule has 2 heterocycles. The third-order valence-corrected chi connectivity index (χ3v) is 3.98. The number of pyridine rings is 1. The van der Waals surface area contributed by atoms with E-state index in [1.165, 1.54) is 4.88 Å². The maximum Gasteiger partial charge on any atom is 0.128 e. The van der Waals surface area contributed by atoms with Gasteiger partial charge in [-0.15, -0.1) is 11.3 Å². The summed E-state index contributed by atoms with van der Waals surface area (Å²) in [6, 6.07) is 10.0. The average molecular weight is 296 g/mol. The zero-order valence-electron chi connectivity index (χ0n) is 11.2. The van der Waals surface area contributed by atoms with Crippen LogP contribution in [0.1, 0.15) is 4.88 Å². The molecule has 3 nitrogen and oxygen atoms in total. The molecule has 0 aliphatic rings. The molecule has 2 rings (SSSR count). The van der Waals surface area contributed by atoms with E-state index < -0.39 is 0 Å². The van der Waals surface area contributed by atoms with Crippen molar-refractivity contribution in [1.82, 2.24) is 9.88 Å². The first kappa shape index (κ1) is 14.3. The Labute approximate surface area is 123 Å². The number of rotatable bonds is 6. The van der Waals surface area contributed by atoms with Gasteiger partial charge in [0.15, 0.2) is 0 Å². The van der Waals surface area contributed by atoms with Crippen molar-refractivity contribution < 1.29 is 0 Å². The number of thiophene rings is 1. The second-order valence-corrected chi connectivity index (χ2v) is 6.42. The van der Waals surface area contributed by atoms with Gasteiger partial charge in [-0.2, -0.15) is 0 Å². The lowest BCUT2D eigenvalue weighted by molar-refractivity contribution is 0.412. The summed E-state index contributed by atoms with van der Waals surface area (Å²) in [6.45, 7) is 2.79. The van der Waals surface area contributed by atoms with E-state index in [1.807, 2.05) is 30.5 Å². The van der Waals surface area contributed by atoms with E-state index in [9.17, 15) is 0 Å². The van der Waals surface area contributed by atoms with Crippen LogP contribution in [0.4, 0.5) is 5.82 Å². The predicted octanol–water partition coefficient (Wildman–Crippen LogP) is 3.36. The zero-order chi connectivity index (χ0) is 13.7. The van der Waals surface area contributed by atoms with Gasteiger partial charge in [0, 0.05) is 24.2 Å². The van der Waals surface area contributed by atoms with Crippen molar-refractivity contribution in [3.8, 4) is 0 Å². The molecule has 0 amide bonds. The normalized spacial score (nSPS) is 10.9. The highest BCUT2D eigenvalue weighted by Gasteiger charge is 2.10. The number of hydrogen-bond donors (Lipinski definition) is 0. The summed E-state index contributed by atoms with van der Waals surface area (Å²) in [5.74, 6) is 1.01. The number of aromatic nitrogens is 1. The van der Waals surface area contributed by atoms with Gasteiger partial charge in [0.1, 0.15) is 5.82 Å². The Balaban J connectivity index is 2.10. The first-order valence-corrected chi connectivity index (χ1v) is 7.39. The number of nitrogens with zero attached hydrogens (tertiary/aromatic N) is 3. The van der Waals surface area contributed by atoms with E-state index in [-0.39, 0.29) is 0 Å². The Bertz CT molecular complexity index is 498. The second-order valence-electron chi connectivity index (χ2n) is 4.62. The van der Waals surface area contributed by atoms with E-state index in [0.29, 0.717) is 0 Å². The van der Waals surface area contributed by atoms with E-state index in [0.717, 1.165) is 29.8 Å². The summed E-state index contributed by atoms with van der Waals surface area (Å²) in [5.41, 5.74) is 0. The predicted molar refractivity (Wildman–Crippen MR) is 83.2 cm³/mol. The molecule has 0 bridgehead atoms. The minimum atomic E-state index is 0.837. The van der Waals surface area contributed by atoms with Crippen molar-refractivity contribution in [2.24, 2.45) is 0 Å². The molecule has 0 spiro atoms. The number of hydrogen-bond acceptors (Lipinski definition) is 4. The summed E-state index contributed by atoms with van der Waals surface area (Å²) in [6.07, 6.45) is 1.83. The van der Waals surface area contributed by atoms with Gasteiger partial charge in [-0.25, -0.2) is 4.98 Å². The molecule has 0 saturated heterocycles. The van der Waals surface area contributed by atoms with Gasteiger partial charge >= 0.3 is 0 Å². The summed E-state index contributed by atoms with van der Waals surface area (Å²) >= 11 is 7.62. The van der Waals surface area contributed by atoms with E-state index in [1.54, 1.807) is 11.3 Å². The third kappa shape index (κ3) is 4.49. The minimum absolute atomic E-state index is 0.837. The SMILES string of the molecule is CN(C)CCN(Cc1ccc(Cl)s1)c1ccccn1. The van der Waals surface area contributed by atoms with Crippen molar-refractivity contribution in [3.63, 3.8) is 0 Å². The number of anilines is 1. The number of halogens is 1. The van der Waals surface area contributed by atoms with Crippen molar-refractivity contribution >= 4 is 28.8 Å². The van der Waals surface area contributed by atoms with Crippen LogP contribution in [-0.4, -0.2) is 37.1 Å². The molecule has 0 aliphatic heterocycles. The Morgan fingerprint density at radius 3 is 2.58 bits per heavy atom. The van der Waals surface area contributed by atoms with E-state index >= 15 is 0 Å². The molecule has 19 heavy (non-hydrogen) atoms. The topological polar surface area (TPSA) is 19.4 Å². The van der Waals surface area contributed by atoms with Gasteiger partial charge in [0.2, 0.25) is 0 Å². The van der Waals surface area contributed by atoms with Crippen molar-refractivity contribution in [2.45, 2.75) is 6.54 Å². The third-order valence-electron chi connectivity index (χ3n) is 2.77. The summed E-state index contributed by atoms with van der Waals surface area (Å²) < 4.78 is 0.837. The summed E-state index contributed by atoms with van der Waals surface area (Å²) in [7, 11) is 4.16. The Morgan fingerprint density at radius 2 is 2.00 bits per heavy atom. The maximum absolute atomic E-state index is 5.99. The van der Waals surface area contributed by atoms with Crippen LogP contribution in [0.3, 0.4) is 0 Å². The van der Waals surface area contributed by atoms with Crippen LogP contribution in [0.2, 0.25) is 4.34 Å². The average Bonchev–Trinajstić information content (AvgIpc) is 2.81. The molecular formula is C14H18ClN3S. The van der Waals surface area contributed by atoms with Crippen molar-refractivity contribution in [1.29, 1.82) is 0 Å². The number of likely N-dealkylation sites (N-methyl/N-ethyl adjacent to an activating group) is 1. The molecule has 102 valence electrons. The molecule has 0 aromatic carbocycles. The fourth-order valence-electron chi connectivity index (χ4n) is 1.76. The second kappa shape index (κ2) is 6.89. The maximum atomic E-state index is 5.99. The van der Waals surface area contributed by atoms with Gasteiger partial charge in [-0.05, 0) is 38.4 Å². The van der Waals surface area contributed by atoms with Crippen LogP contribution in [0.15, 0.2) is 36.5 Å². The lowest BCUT2D eigenvalue weighted by Gasteiger charge is -2.24. The molecule has 0 fully saturated rings. The molecule has 0 saturated carbocycles.